The van der Waals surface area contributed by atoms with Gasteiger partial charge >= 0.3 is 6.18 Å². The third kappa shape index (κ3) is 2.82. The lowest BCUT2D eigenvalue weighted by atomic mass is 10.1. The molecular weight excluding hydrogens is 235 g/mol. The van der Waals surface area contributed by atoms with E-state index in [1.807, 2.05) is 0 Å². The van der Waals surface area contributed by atoms with Crippen LogP contribution in [0.25, 0.3) is 0 Å². The molecule has 0 aliphatic carbocycles. The van der Waals surface area contributed by atoms with Gasteiger partial charge in [-0.2, -0.15) is 13.2 Å². The van der Waals surface area contributed by atoms with Crippen LogP contribution in [-0.4, -0.2) is 19.3 Å². The van der Waals surface area contributed by atoms with E-state index in [1.54, 1.807) is 0 Å². The first-order chi connectivity index (χ1) is 7.97. The van der Waals surface area contributed by atoms with E-state index in [-0.39, 0.29) is 17.5 Å². The second-order valence-electron chi connectivity index (χ2n) is 3.86. The third-order valence-electron chi connectivity index (χ3n) is 2.49. The van der Waals surface area contributed by atoms with E-state index in [0.717, 1.165) is 6.07 Å². The van der Waals surface area contributed by atoms with Gasteiger partial charge < -0.3 is 15.2 Å². The van der Waals surface area contributed by atoms with E-state index in [1.165, 1.54) is 12.1 Å². The summed E-state index contributed by atoms with van der Waals surface area (Å²) < 4.78 is 48.5. The van der Waals surface area contributed by atoms with Crippen molar-refractivity contribution in [3.63, 3.8) is 0 Å². The summed E-state index contributed by atoms with van der Waals surface area (Å²) in [6, 6.07) is 3.52. The molecule has 0 spiro atoms. The van der Waals surface area contributed by atoms with Crippen LogP contribution in [0.1, 0.15) is 12.0 Å². The highest BCUT2D eigenvalue weighted by Gasteiger charge is 2.35. The molecular formula is C11H12F3NO2. The highest BCUT2D eigenvalue weighted by atomic mass is 19.4. The summed E-state index contributed by atoms with van der Waals surface area (Å²) in [5, 5.41) is 0. The maximum atomic E-state index is 12.7. The third-order valence-corrected chi connectivity index (χ3v) is 2.49. The molecule has 1 aliphatic rings. The first-order valence-corrected chi connectivity index (χ1v) is 5.18. The lowest BCUT2D eigenvalue weighted by Gasteiger charge is -2.17. The predicted molar refractivity (Wildman–Crippen MR) is 55.7 cm³/mol. The van der Waals surface area contributed by atoms with Crippen LogP contribution in [0, 0.1) is 0 Å². The molecule has 1 aliphatic heterocycles. The van der Waals surface area contributed by atoms with Gasteiger partial charge in [-0.15, -0.1) is 0 Å². The Kier molecular flexibility index (Phi) is 3.15. The molecule has 1 aromatic rings. The van der Waals surface area contributed by atoms with E-state index in [4.69, 9.17) is 15.2 Å². The van der Waals surface area contributed by atoms with Crippen molar-refractivity contribution in [3.8, 4) is 5.75 Å². The van der Waals surface area contributed by atoms with E-state index >= 15 is 0 Å². The van der Waals surface area contributed by atoms with E-state index in [0.29, 0.717) is 19.6 Å². The number of hydrogen-bond acceptors (Lipinski definition) is 3. The topological polar surface area (TPSA) is 44.5 Å². The molecule has 0 unspecified atom stereocenters. The van der Waals surface area contributed by atoms with Crippen LogP contribution in [0.4, 0.5) is 18.9 Å². The zero-order valence-corrected chi connectivity index (χ0v) is 8.96. The van der Waals surface area contributed by atoms with Crippen molar-refractivity contribution in [1.29, 1.82) is 0 Å². The van der Waals surface area contributed by atoms with Crippen molar-refractivity contribution < 1.29 is 22.6 Å². The number of hydrogen-bond donors (Lipinski definition) is 1. The number of anilines is 1. The Bertz CT molecular complexity index is 400. The molecule has 2 N–H and O–H groups in total. The molecule has 0 radical (unpaired) electrons. The lowest BCUT2D eigenvalue weighted by molar-refractivity contribution is -0.139. The van der Waals surface area contributed by atoms with Crippen LogP contribution < -0.4 is 10.5 Å². The van der Waals surface area contributed by atoms with Crippen LogP contribution in [0.3, 0.4) is 0 Å². The highest BCUT2D eigenvalue weighted by molar-refractivity contribution is 5.49. The van der Waals surface area contributed by atoms with Crippen LogP contribution in [0.15, 0.2) is 18.2 Å². The van der Waals surface area contributed by atoms with Gasteiger partial charge in [-0.25, -0.2) is 0 Å². The van der Waals surface area contributed by atoms with Gasteiger partial charge in [0.2, 0.25) is 0 Å². The minimum atomic E-state index is -4.47. The maximum absolute atomic E-state index is 12.7. The van der Waals surface area contributed by atoms with Gasteiger partial charge in [0.1, 0.15) is 11.9 Å². The monoisotopic (exact) mass is 247 g/mol. The zero-order valence-electron chi connectivity index (χ0n) is 8.96. The second kappa shape index (κ2) is 4.44. The summed E-state index contributed by atoms with van der Waals surface area (Å²) in [5.74, 6) is -0.192. The molecule has 0 saturated carbocycles. The number of nitrogens with two attached hydrogens (primary N) is 1. The Labute approximate surface area is 96.3 Å². The van der Waals surface area contributed by atoms with E-state index in [9.17, 15) is 13.2 Å². The molecule has 94 valence electrons. The fourth-order valence-electron chi connectivity index (χ4n) is 1.66. The molecule has 1 fully saturated rings. The Balaban J connectivity index is 2.25. The van der Waals surface area contributed by atoms with Crippen LogP contribution in [0.5, 0.6) is 5.75 Å². The van der Waals surface area contributed by atoms with Crippen molar-refractivity contribution in [3.05, 3.63) is 23.8 Å². The average molecular weight is 247 g/mol. The number of alkyl halides is 3. The number of benzene rings is 1. The Hall–Kier alpha value is -1.43. The largest absolute Gasteiger partial charge is 0.487 e. The number of halogens is 3. The minimum Gasteiger partial charge on any atom is -0.487 e. The number of ether oxygens (including phenoxy) is 2. The molecule has 3 nitrogen and oxygen atoms in total. The van der Waals surface area contributed by atoms with Gasteiger partial charge in [-0.1, -0.05) is 0 Å². The van der Waals surface area contributed by atoms with Gasteiger partial charge in [0.05, 0.1) is 18.8 Å². The van der Waals surface area contributed by atoms with Crippen molar-refractivity contribution in [2.45, 2.75) is 18.7 Å². The van der Waals surface area contributed by atoms with Gasteiger partial charge in [0.15, 0.2) is 0 Å². The van der Waals surface area contributed by atoms with Crippen molar-refractivity contribution in [2.75, 3.05) is 18.9 Å². The molecule has 1 aromatic carbocycles. The van der Waals surface area contributed by atoms with Crippen molar-refractivity contribution in [1.82, 2.24) is 0 Å². The standard InChI is InChI=1S/C11H12F3NO2/c12-11(13,14)9-5-7(15)1-2-10(9)17-8-3-4-16-6-8/h1-2,5,8H,3-4,6,15H2/t8-/m1/s1. The first kappa shape index (κ1) is 12.0. The van der Waals surface area contributed by atoms with Gasteiger partial charge in [0.25, 0.3) is 0 Å². The molecule has 0 amide bonds. The number of rotatable bonds is 2. The van der Waals surface area contributed by atoms with Crippen LogP contribution >= 0.6 is 0 Å². The average Bonchev–Trinajstić information content (AvgIpc) is 2.72. The van der Waals surface area contributed by atoms with Crippen LogP contribution in [-0.2, 0) is 10.9 Å². The molecule has 1 heterocycles. The van der Waals surface area contributed by atoms with E-state index < -0.39 is 11.7 Å². The SMILES string of the molecule is Nc1ccc(O[C@@H]2CCOC2)c(C(F)(F)F)c1. The van der Waals surface area contributed by atoms with E-state index in [2.05, 4.69) is 0 Å². The smallest absolute Gasteiger partial charge is 0.420 e. The molecule has 1 saturated heterocycles. The summed E-state index contributed by atoms with van der Waals surface area (Å²) in [4.78, 5) is 0. The van der Waals surface area contributed by atoms with Crippen LogP contribution in [0.2, 0.25) is 0 Å². The Morgan fingerprint density at radius 2 is 2.12 bits per heavy atom. The van der Waals surface area contributed by atoms with Crippen molar-refractivity contribution >= 4 is 5.69 Å². The van der Waals surface area contributed by atoms with Crippen molar-refractivity contribution in [2.24, 2.45) is 0 Å². The van der Waals surface area contributed by atoms with Gasteiger partial charge in [-0.3, -0.25) is 0 Å². The molecule has 0 aromatic heterocycles. The quantitative estimate of drug-likeness (QED) is 0.816. The highest BCUT2D eigenvalue weighted by Crippen LogP contribution is 2.38. The number of nitrogen functional groups attached to an aromatic ring is 1. The fourth-order valence-corrected chi connectivity index (χ4v) is 1.66. The predicted octanol–water partition coefficient (Wildman–Crippen LogP) is 2.46. The summed E-state index contributed by atoms with van der Waals surface area (Å²) >= 11 is 0. The fraction of sp³-hybridized carbons (Fsp3) is 0.455. The van der Waals surface area contributed by atoms with Gasteiger partial charge in [-0.05, 0) is 18.2 Å². The second-order valence-corrected chi connectivity index (χ2v) is 3.86. The molecule has 1 atom stereocenters. The Morgan fingerprint density at radius 1 is 1.35 bits per heavy atom. The summed E-state index contributed by atoms with van der Waals surface area (Å²) in [5.41, 5.74) is 4.57. The minimum absolute atomic E-state index is 0.0624. The van der Waals surface area contributed by atoms with Gasteiger partial charge in [0, 0.05) is 12.1 Å². The Morgan fingerprint density at radius 3 is 2.71 bits per heavy atom. The molecule has 17 heavy (non-hydrogen) atoms. The molecule has 6 heteroatoms. The normalized spacial score (nSPS) is 20.5. The molecule has 0 bridgehead atoms. The first-order valence-electron chi connectivity index (χ1n) is 5.18. The summed E-state index contributed by atoms with van der Waals surface area (Å²) in [6.07, 6.45) is -4.19. The summed E-state index contributed by atoms with van der Waals surface area (Å²) in [6.45, 7) is 0.836. The summed E-state index contributed by atoms with van der Waals surface area (Å²) in [7, 11) is 0. The zero-order chi connectivity index (χ0) is 12.5. The lowest BCUT2D eigenvalue weighted by Crippen LogP contribution is -2.18. The maximum Gasteiger partial charge on any atom is 0.420 e. The molecule has 2 rings (SSSR count).